The quantitative estimate of drug-likeness (QED) is 0.451. The fraction of sp³-hybridized carbons (Fsp3) is 1.00. The zero-order chi connectivity index (χ0) is 4.99. The maximum Gasteiger partial charge on any atom is 0.0577 e. The van der Waals surface area contributed by atoms with Gasteiger partial charge >= 0.3 is 0 Å². The molecule has 0 aliphatic carbocycles. The van der Waals surface area contributed by atoms with Crippen LogP contribution in [0.4, 0.5) is 0 Å². The Morgan fingerprint density at radius 1 is 1.50 bits per heavy atom. The van der Waals surface area contributed by atoms with E-state index in [4.69, 9.17) is 5.11 Å². The molecule has 0 saturated carbocycles. The van der Waals surface area contributed by atoms with Crippen LogP contribution >= 0.6 is 25.6 Å². The van der Waals surface area contributed by atoms with Crippen LogP contribution in [0.5, 0.6) is 0 Å². The predicted octanol–water partition coefficient (Wildman–Crippen LogP) is -0.0297. The minimum Gasteiger partial charge on any atom is -0.395 e. The first-order chi connectivity index (χ1) is 2.77. The summed E-state index contributed by atoms with van der Waals surface area (Å²) in [4.78, 5) is 0. The molecule has 0 aromatic heterocycles. The molecule has 0 bridgehead atoms. The molecule has 0 aliphatic rings. The van der Waals surface area contributed by atoms with Gasteiger partial charge in [0.1, 0.15) is 0 Å². The Bertz CT molecular complexity index is 32.7. The highest BCUT2D eigenvalue weighted by atomic mass is 32.2. The lowest BCUT2D eigenvalue weighted by Gasteiger charge is -1.99. The molecular weight excluding hydrogens is 118 g/mol. The number of nitrogens with zero attached hydrogens (tertiary/aromatic N) is 1. The maximum absolute atomic E-state index is 8.10. The van der Waals surface area contributed by atoms with Crippen LogP contribution in [0, 0.1) is 0 Å². The van der Waals surface area contributed by atoms with Gasteiger partial charge in [-0.2, -0.15) is 3.71 Å². The standard InChI is InChI=1S/C2H7NOS2/c4-2-1-3(5)6/h4-6H,1-2H2. The van der Waals surface area contributed by atoms with Gasteiger partial charge in [-0.05, 0) is 0 Å². The summed E-state index contributed by atoms with van der Waals surface area (Å²) in [5.41, 5.74) is 0. The van der Waals surface area contributed by atoms with Gasteiger partial charge in [-0.1, -0.05) is 25.6 Å². The topological polar surface area (TPSA) is 23.5 Å². The van der Waals surface area contributed by atoms with Gasteiger partial charge in [0, 0.05) is 6.54 Å². The number of hydrogen-bond donors (Lipinski definition) is 3. The molecule has 0 heterocycles. The second-order valence-electron chi connectivity index (χ2n) is 0.819. The lowest BCUT2D eigenvalue weighted by atomic mass is 10.8. The lowest BCUT2D eigenvalue weighted by Crippen LogP contribution is -2.03. The van der Waals surface area contributed by atoms with Crippen LogP contribution in [-0.2, 0) is 0 Å². The molecule has 0 unspecified atom stereocenters. The van der Waals surface area contributed by atoms with E-state index in [-0.39, 0.29) is 6.61 Å². The van der Waals surface area contributed by atoms with Crippen molar-refractivity contribution in [2.75, 3.05) is 13.2 Å². The van der Waals surface area contributed by atoms with Gasteiger partial charge in [0.05, 0.1) is 6.61 Å². The Morgan fingerprint density at radius 2 is 2.00 bits per heavy atom. The van der Waals surface area contributed by atoms with Crippen molar-refractivity contribution in [3.63, 3.8) is 0 Å². The first kappa shape index (κ1) is 6.62. The van der Waals surface area contributed by atoms with Gasteiger partial charge in [0.25, 0.3) is 0 Å². The summed E-state index contributed by atoms with van der Waals surface area (Å²) < 4.78 is 1.32. The van der Waals surface area contributed by atoms with Crippen molar-refractivity contribution < 1.29 is 5.11 Å². The van der Waals surface area contributed by atoms with Crippen molar-refractivity contribution in [1.82, 2.24) is 3.71 Å². The van der Waals surface area contributed by atoms with E-state index in [1.54, 1.807) is 0 Å². The van der Waals surface area contributed by atoms with E-state index < -0.39 is 0 Å². The molecule has 0 rings (SSSR count). The summed E-state index contributed by atoms with van der Waals surface area (Å²) in [5.74, 6) is 0. The van der Waals surface area contributed by atoms with Crippen molar-refractivity contribution in [2.24, 2.45) is 0 Å². The zero-order valence-corrected chi connectivity index (χ0v) is 4.99. The molecule has 0 spiro atoms. The molecular formula is C2H7NOS2. The highest BCUT2D eigenvalue weighted by Crippen LogP contribution is 1.92. The third-order valence-corrected chi connectivity index (χ3v) is 0.700. The van der Waals surface area contributed by atoms with Crippen LogP contribution in [0.25, 0.3) is 0 Å². The number of thiol groups is 2. The molecule has 2 nitrogen and oxygen atoms in total. The van der Waals surface area contributed by atoms with Gasteiger partial charge in [0.2, 0.25) is 0 Å². The average Bonchev–Trinajstić information content (AvgIpc) is 1.35. The lowest BCUT2D eigenvalue weighted by molar-refractivity contribution is 0.289. The summed E-state index contributed by atoms with van der Waals surface area (Å²) in [6, 6.07) is 0. The summed E-state index contributed by atoms with van der Waals surface area (Å²) in [6.07, 6.45) is 0. The van der Waals surface area contributed by atoms with Crippen LogP contribution in [0.1, 0.15) is 0 Å². The van der Waals surface area contributed by atoms with E-state index in [2.05, 4.69) is 25.6 Å². The average molecular weight is 125 g/mol. The van der Waals surface area contributed by atoms with Crippen molar-refractivity contribution >= 4 is 25.6 Å². The van der Waals surface area contributed by atoms with Crippen LogP contribution < -0.4 is 0 Å². The number of rotatable bonds is 2. The molecule has 4 heteroatoms. The third-order valence-electron chi connectivity index (χ3n) is 0.300. The SMILES string of the molecule is OCCN(S)S. The van der Waals surface area contributed by atoms with E-state index in [0.717, 1.165) is 0 Å². The number of hydrogen-bond acceptors (Lipinski definition) is 4. The van der Waals surface area contributed by atoms with Gasteiger partial charge in [-0.15, -0.1) is 0 Å². The summed E-state index contributed by atoms with van der Waals surface area (Å²) in [6.45, 7) is 0.596. The van der Waals surface area contributed by atoms with Crippen molar-refractivity contribution in [3.05, 3.63) is 0 Å². The van der Waals surface area contributed by atoms with Gasteiger partial charge in [-0.3, -0.25) is 0 Å². The molecule has 0 aromatic carbocycles. The third kappa shape index (κ3) is 4.62. The monoisotopic (exact) mass is 125 g/mol. The highest BCUT2D eigenvalue weighted by molar-refractivity contribution is 7.93. The Morgan fingerprint density at radius 3 is 2.00 bits per heavy atom. The van der Waals surface area contributed by atoms with E-state index in [1.807, 2.05) is 0 Å². The summed E-state index contributed by atoms with van der Waals surface area (Å²) >= 11 is 7.43. The van der Waals surface area contributed by atoms with E-state index >= 15 is 0 Å². The zero-order valence-electron chi connectivity index (χ0n) is 3.20. The maximum atomic E-state index is 8.10. The first-order valence-corrected chi connectivity index (χ1v) is 2.33. The highest BCUT2D eigenvalue weighted by Gasteiger charge is 1.83. The summed E-state index contributed by atoms with van der Waals surface area (Å²) in [7, 11) is 0. The predicted molar refractivity (Wildman–Crippen MR) is 31.8 cm³/mol. The molecule has 0 saturated heterocycles. The first-order valence-electron chi connectivity index (χ1n) is 1.53. The van der Waals surface area contributed by atoms with E-state index in [1.165, 1.54) is 3.71 Å². The minimum atomic E-state index is 0.104. The van der Waals surface area contributed by atoms with E-state index in [0.29, 0.717) is 6.54 Å². The molecule has 6 heavy (non-hydrogen) atoms. The molecule has 0 amide bonds. The molecule has 0 aromatic rings. The second kappa shape index (κ2) is 3.80. The van der Waals surface area contributed by atoms with Gasteiger partial charge in [0.15, 0.2) is 0 Å². The van der Waals surface area contributed by atoms with Crippen molar-refractivity contribution in [2.45, 2.75) is 0 Å². The number of aliphatic hydroxyl groups is 1. The Kier molecular flexibility index (Phi) is 4.19. The Hall–Kier alpha value is 0.620. The fourth-order valence-corrected chi connectivity index (χ4v) is 0.268. The summed E-state index contributed by atoms with van der Waals surface area (Å²) in [5, 5.41) is 8.10. The molecule has 38 valence electrons. The van der Waals surface area contributed by atoms with Crippen LogP contribution in [0.3, 0.4) is 0 Å². The normalized spacial score (nSPS) is 10.0. The van der Waals surface area contributed by atoms with E-state index in [9.17, 15) is 0 Å². The van der Waals surface area contributed by atoms with Crippen molar-refractivity contribution in [3.8, 4) is 0 Å². The Labute approximate surface area is 48.2 Å². The molecule has 1 N–H and O–H groups in total. The molecule has 0 atom stereocenters. The molecule has 0 fully saturated rings. The van der Waals surface area contributed by atoms with Crippen LogP contribution in [0.15, 0.2) is 0 Å². The number of aliphatic hydroxyl groups excluding tert-OH is 1. The molecule has 0 radical (unpaired) electrons. The van der Waals surface area contributed by atoms with Crippen LogP contribution in [-0.4, -0.2) is 22.0 Å². The smallest absolute Gasteiger partial charge is 0.0577 e. The minimum absolute atomic E-state index is 0.104. The van der Waals surface area contributed by atoms with Crippen molar-refractivity contribution in [1.29, 1.82) is 0 Å². The Balaban J connectivity index is 2.63. The van der Waals surface area contributed by atoms with Crippen LogP contribution in [0.2, 0.25) is 0 Å². The molecule has 0 aliphatic heterocycles. The largest absolute Gasteiger partial charge is 0.395 e. The van der Waals surface area contributed by atoms with Gasteiger partial charge < -0.3 is 5.11 Å². The second-order valence-corrected chi connectivity index (χ2v) is 2.10. The van der Waals surface area contributed by atoms with Gasteiger partial charge in [-0.25, -0.2) is 0 Å². The fourth-order valence-electron chi connectivity index (χ4n) is 0.0894.